The molecule has 34 heavy (non-hydrogen) atoms. The summed E-state index contributed by atoms with van der Waals surface area (Å²) in [5, 5.41) is 3.17. The van der Waals surface area contributed by atoms with Gasteiger partial charge in [-0.3, -0.25) is 14.4 Å². The lowest BCUT2D eigenvalue weighted by Gasteiger charge is -2.37. The Morgan fingerprint density at radius 3 is 2.50 bits per heavy atom. The van der Waals surface area contributed by atoms with Crippen LogP contribution in [0.2, 0.25) is 5.02 Å². The molecule has 0 unspecified atom stereocenters. The minimum atomic E-state index is -5.02. The van der Waals surface area contributed by atoms with Gasteiger partial charge < -0.3 is 14.5 Å². The van der Waals surface area contributed by atoms with Crippen molar-refractivity contribution in [1.29, 1.82) is 0 Å². The minimum Gasteiger partial charge on any atom is -0.435 e. The maximum atomic E-state index is 13.5. The van der Waals surface area contributed by atoms with E-state index in [0.717, 1.165) is 17.4 Å². The lowest BCUT2D eigenvalue weighted by molar-refractivity contribution is -0.143. The first-order chi connectivity index (χ1) is 16.0. The molecular formula is C20H16ClF5N4O4. The summed E-state index contributed by atoms with van der Waals surface area (Å²) in [6.45, 7) is -3.66. The first kappa shape index (κ1) is 22.8. The van der Waals surface area contributed by atoms with Crippen LogP contribution in [-0.4, -0.2) is 69.3 Å². The Morgan fingerprint density at radius 1 is 1.18 bits per heavy atom. The maximum absolute atomic E-state index is 13.5. The van der Waals surface area contributed by atoms with Crippen LogP contribution in [-0.2, 0) is 15.8 Å². The van der Waals surface area contributed by atoms with Gasteiger partial charge in [-0.1, -0.05) is 11.6 Å². The highest BCUT2D eigenvalue weighted by atomic mass is 35.5. The topological polar surface area (TPSA) is 84.2 Å². The van der Waals surface area contributed by atoms with Crippen LogP contribution >= 0.6 is 11.6 Å². The van der Waals surface area contributed by atoms with Crippen molar-refractivity contribution < 1.29 is 41.1 Å². The number of alkyl halides is 5. The summed E-state index contributed by atoms with van der Waals surface area (Å²) in [5.74, 6) is -1.81. The zero-order valence-electron chi connectivity index (χ0n) is 17.2. The first-order valence-corrected chi connectivity index (χ1v) is 10.7. The first-order valence-electron chi connectivity index (χ1n) is 10.3. The molecule has 3 fully saturated rings. The Kier molecular flexibility index (Phi) is 5.22. The van der Waals surface area contributed by atoms with Crippen molar-refractivity contribution in [2.24, 2.45) is 11.8 Å². The number of aromatic nitrogens is 2. The van der Waals surface area contributed by atoms with Crippen molar-refractivity contribution in [2.75, 3.05) is 19.6 Å². The second-order valence-electron chi connectivity index (χ2n) is 8.48. The Balaban J connectivity index is 1.42. The van der Waals surface area contributed by atoms with E-state index >= 15 is 0 Å². The number of nitrogens with zero attached hydrogens (tertiary/aromatic N) is 4. The third-order valence-electron chi connectivity index (χ3n) is 6.43. The van der Waals surface area contributed by atoms with Gasteiger partial charge in [0.25, 0.3) is 5.91 Å². The highest BCUT2D eigenvalue weighted by Crippen LogP contribution is 2.50. The monoisotopic (exact) mass is 506 g/mol. The zero-order valence-corrected chi connectivity index (χ0v) is 17.9. The fraction of sp³-hybridized carbons (Fsp3) is 0.500. The molecule has 0 N–H and O–H groups in total. The number of halogens is 6. The van der Waals surface area contributed by atoms with Crippen molar-refractivity contribution in [1.82, 2.24) is 19.4 Å². The van der Waals surface area contributed by atoms with Crippen molar-refractivity contribution in [3.8, 4) is 5.75 Å². The standard InChI is InChI=1S/C20H16ClF5N4O4/c21-15-11-5-9(34-19(22)23)6-13(20(24,25)26)30(11)27-16(15)18(33)28-1-2-29(14(31)7-28)12-4-8-3-10(8)17(12)32/h5-6,8,10,12,19H,1-4,7H2/t8-,10+,12+/m1/s1. The van der Waals surface area contributed by atoms with Crippen LogP contribution in [0.4, 0.5) is 22.0 Å². The molecule has 1 aliphatic heterocycles. The van der Waals surface area contributed by atoms with E-state index in [1.165, 1.54) is 4.90 Å². The average Bonchev–Trinajstić information content (AvgIpc) is 3.36. The van der Waals surface area contributed by atoms with Crippen molar-refractivity contribution in [2.45, 2.75) is 31.7 Å². The van der Waals surface area contributed by atoms with Gasteiger partial charge in [-0.15, -0.1) is 0 Å². The summed E-state index contributed by atoms with van der Waals surface area (Å²) in [6.07, 6.45) is -3.57. The van der Waals surface area contributed by atoms with Crippen LogP contribution in [0.15, 0.2) is 12.1 Å². The number of hydrogen-bond donors (Lipinski definition) is 0. The van der Waals surface area contributed by atoms with Crippen molar-refractivity contribution in [3.63, 3.8) is 0 Å². The van der Waals surface area contributed by atoms with Gasteiger partial charge in [0, 0.05) is 31.1 Å². The quantitative estimate of drug-likeness (QED) is 0.596. The molecule has 3 heterocycles. The number of ketones is 1. The van der Waals surface area contributed by atoms with Gasteiger partial charge in [-0.25, -0.2) is 4.52 Å². The molecule has 3 atom stereocenters. The number of piperazine rings is 1. The smallest absolute Gasteiger partial charge is 0.433 e. The molecule has 14 heteroatoms. The van der Waals surface area contributed by atoms with Crippen LogP contribution in [0.25, 0.3) is 5.52 Å². The van der Waals surface area contributed by atoms with Crippen LogP contribution in [0.3, 0.4) is 0 Å². The number of ether oxygens (including phenoxy) is 1. The molecule has 2 amide bonds. The summed E-state index contributed by atoms with van der Waals surface area (Å²) in [7, 11) is 0. The summed E-state index contributed by atoms with van der Waals surface area (Å²) in [5.41, 5.74) is -2.50. The Bertz CT molecular complexity index is 1220. The molecule has 3 aliphatic rings. The normalized spacial score (nSPS) is 24.9. The predicted molar refractivity (Wildman–Crippen MR) is 104 cm³/mol. The molecule has 2 saturated carbocycles. The number of hydrogen-bond acceptors (Lipinski definition) is 5. The van der Waals surface area contributed by atoms with E-state index in [2.05, 4.69) is 9.84 Å². The number of rotatable bonds is 4. The molecule has 0 bridgehead atoms. The van der Waals surface area contributed by atoms with Crippen LogP contribution in [0.5, 0.6) is 5.75 Å². The third kappa shape index (κ3) is 3.75. The van der Waals surface area contributed by atoms with Crippen LogP contribution in [0.1, 0.15) is 29.0 Å². The van der Waals surface area contributed by atoms with E-state index in [0.29, 0.717) is 22.9 Å². The van der Waals surface area contributed by atoms with Crippen molar-refractivity contribution in [3.05, 3.63) is 28.5 Å². The maximum Gasteiger partial charge on any atom is 0.433 e. The highest BCUT2D eigenvalue weighted by molar-refractivity contribution is 6.36. The summed E-state index contributed by atoms with van der Waals surface area (Å²) in [4.78, 5) is 40.5. The van der Waals surface area contributed by atoms with Gasteiger partial charge in [0.05, 0.1) is 16.6 Å². The van der Waals surface area contributed by atoms with Gasteiger partial charge in [0.2, 0.25) is 5.91 Å². The van der Waals surface area contributed by atoms with Gasteiger partial charge in [-0.2, -0.15) is 27.1 Å². The Hall–Kier alpha value is -2.96. The molecular weight excluding hydrogens is 491 g/mol. The van der Waals surface area contributed by atoms with E-state index in [4.69, 9.17) is 11.6 Å². The van der Waals surface area contributed by atoms with E-state index in [9.17, 15) is 36.3 Å². The van der Waals surface area contributed by atoms with Gasteiger partial charge in [0.1, 0.15) is 18.0 Å². The molecule has 182 valence electrons. The fourth-order valence-corrected chi connectivity index (χ4v) is 4.98. The van der Waals surface area contributed by atoms with E-state index in [1.807, 2.05) is 0 Å². The number of carbonyl (C=O) groups excluding carboxylic acids is 3. The average molecular weight is 507 g/mol. The molecule has 0 aromatic carbocycles. The molecule has 8 nitrogen and oxygen atoms in total. The summed E-state index contributed by atoms with van der Waals surface area (Å²) in [6, 6.07) is 0.630. The summed E-state index contributed by atoms with van der Waals surface area (Å²) >= 11 is 6.13. The van der Waals surface area contributed by atoms with E-state index in [-0.39, 0.29) is 24.8 Å². The molecule has 2 aromatic rings. The van der Waals surface area contributed by atoms with E-state index in [1.54, 1.807) is 0 Å². The largest absolute Gasteiger partial charge is 0.435 e. The minimum absolute atomic E-state index is 0.0102. The SMILES string of the molecule is O=C1[C@H]2C[C@@H]2C[C@@H]1N1CCN(C(=O)c2nn3c(C(F)(F)F)cc(OC(F)F)cc3c2Cl)CC1=O. The van der Waals surface area contributed by atoms with E-state index < -0.39 is 64.9 Å². The lowest BCUT2D eigenvalue weighted by Crippen LogP contribution is -2.56. The number of pyridine rings is 1. The highest BCUT2D eigenvalue weighted by Gasteiger charge is 2.55. The van der Waals surface area contributed by atoms with Gasteiger partial charge in [0.15, 0.2) is 11.5 Å². The van der Waals surface area contributed by atoms with Gasteiger partial charge >= 0.3 is 12.8 Å². The van der Waals surface area contributed by atoms with Crippen LogP contribution in [0, 0.1) is 11.8 Å². The fourth-order valence-electron chi connectivity index (χ4n) is 4.73. The molecule has 1 saturated heterocycles. The molecule has 2 aliphatic carbocycles. The number of fused-ring (bicyclic) bond motifs is 2. The Labute approximate surface area is 193 Å². The number of amides is 2. The molecule has 0 spiro atoms. The lowest BCUT2D eigenvalue weighted by atomic mass is 10.1. The summed E-state index contributed by atoms with van der Waals surface area (Å²) < 4.78 is 70.1. The second kappa shape index (κ2) is 7.79. The molecule has 2 aromatic heterocycles. The number of Topliss-reactive ketones (excluding diaryl/α,β-unsaturated/α-hetero) is 1. The molecule has 0 radical (unpaired) electrons. The Morgan fingerprint density at radius 2 is 1.91 bits per heavy atom. The van der Waals surface area contributed by atoms with Crippen LogP contribution < -0.4 is 4.74 Å². The van der Waals surface area contributed by atoms with Crippen molar-refractivity contribution >= 4 is 34.7 Å². The molecule has 5 rings (SSSR count). The van der Waals surface area contributed by atoms with Gasteiger partial charge in [-0.05, 0) is 18.8 Å². The predicted octanol–water partition coefficient (Wildman–Crippen LogP) is 2.87. The third-order valence-corrected chi connectivity index (χ3v) is 6.80. The zero-order chi connectivity index (χ0) is 24.5. The second-order valence-corrected chi connectivity index (χ2v) is 8.86. The number of carbonyl (C=O) groups is 3.